The van der Waals surface area contributed by atoms with Gasteiger partial charge in [0.05, 0.1) is 26.8 Å². The van der Waals surface area contributed by atoms with Gasteiger partial charge in [-0.1, -0.05) is 41.7 Å². The summed E-state index contributed by atoms with van der Waals surface area (Å²) < 4.78 is 21.5. The van der Waals surface area contributed by atoms with Gasteiger partial charge >= 0.3 is 0 Å². The second-order valence-electron chi connectivity index (χ2n) is 9.46. The molecule has 0 saturated heterocycles. The van der Waals surface area contributed by atoms with Crippen molar-refractivity contribution in [2.75, 3.05) is 5.32 Å². The number of carbonyl (C=O) groups excluding carboxylic acids is 1. The number of fused-ring (bicyclic) bond motifs is 1. The van der Waals surface area contributed by atoms with Gasteiger partial charge in [-0.15, -0.1) is 0 Å². The van der Waals surface area contributed by atoms with Crippen LogP contribution in [0.4, 0.5) is 15.8 Å². The van der Waals surface area contributed by atoms with Crippen molar-refractivity contribution in [3.8, 4) is 11.3 Å². The van der Waals surface area contributed by atoms with Gasteiger partial charge in [0.15, 0.2) is 4.80 Å². The monoisotopic (exact) mass is 580 g/mol. The highest BCUT2D eigenvalue weighted by molar-refractivity contribution is 7.07. The van der Waals surface area contributed by atoms with E-state index >= 15 is 0 Å². The van der Waals surface area contributed by atoms with Crippen molar-refractivity contribution < 1.29 is 18.5 Å². The first kappa shape index (κ1) is 26.8. The van der Waals surface area contributed by atoms with Crippen LogP contribution in [0, 0.1) is 15.9 Å². The summed E-state index contributed by atoms with van der Waals surface area (Å²) in [5, 5.41) is 13.8. The number of para-hydroxylation sites is 1. The molecular formula is C31H21FN4O5S. The molecule has 1 atom stereocenters. The maximum absolute atomic E-state index is 13.9. The fourth-order valence-corrected chi connectivity index (χ4v) is 5.78. The molecule has 0 radical (unpaired) electrons. The molecule has 2 aromatic heterocycles. The minimum atomic E-state index is -0.847. The Bertz CT molecular complexity index is 2040. The number of allylic oxidation sites excluding steroid dienone is 1. The number of amides is 1. The first-order valence-electron chi connectivity index (χ1n) is 12.8. The highest BCUT2D eigenvalue weighted by Gasteiger charge is 2.32. The largest absolute Gasteiger partial charge is 0.457 e. The zero-order valence-electron chi connectivity index (χ0n) is 22.0. The van der Waals surface area contributed by atoms with Crippen LogP contribution in [0.2, 0.25) is 0 Å². The van der Waals surface area contributed by atoms with E-state index in [0.29, 0.717) is 43.4 Å². The number of benzene rings is 3. The number of halogens is 1. The normalized spacial score (nSPS) is 14.8. The predicted octanol–water partition coefficient (Wildman–Crippen LogP) is 5.18. The fraction of sp³-hybridized carbons (Fsp3) is 0.0645. The molecule has 42 heavy (non-hydrogen) atoms. The number of hydrogen-bond donors (Lipinski definition) is 1. The topological polar surface area (TPSA) is 120 Å². The summed E-state index contributed by atoms with van der Waals surface area (Å²) in [6.45, 7) is 1.70. The molecule has 1 aliphatic rings. The molecule has 1 aliphatic heterocycles. The van der Waals surface area contributed by atoms with Crippen LogP contribution in [0.15, 0.2) is 116 Å². The summed E-state index contributed by atoms with van der Waals surface area (Å²) in [6.07, 6.45) is 1.59. The number of non-ortho nitro benzene ring substituents is 1. The minimum Gasteiger partial charge on any atom is -0.457 e. The van der Waals surface area contributed by atoms with Crippen LogP contribution in [0.25, 0.3) is 17.4 Å². The quantitative estimate of drug-likeness (QED) is 0.219. The third-order valence-electron chi connectivity index (χ3n) is 6.75. The first-order valence-corrected chi connectivity index (χ1v) is 13.6. The second-order valence-corrected chi connectivity index (χ2v) is 10.5. The summed E-state index contributed by atoms with van der Waals surface area (Å²) in [5.74, 6) is 0.00199. The molecule has 3 aromatic carbocycles. The van der Waals surface area contributed by atoms with Crippen LogP contribution in [0.1, 0.15) is 24.3 Å². The number of carbonyl (C=O) groups is 1. The Kier molecular flexibility index (Phi) is 6.93. The van der Waals surface area contributed by atoms with Crippen molar-refractivity contribution in [2.45, 2.75) is 13.0 Å². The van der Waals surface area contributed by atoms with Gasteiger partial charge in [0.2, 0.25) is 0 Å². The van der Waals surface area contributed by atoms with Gasteiger partial charge in [-0.05, 0) is 61.0 Å². The number of nitro benzene ring substituents is 1. The lowest BCUT2D eigenvalue weighted by Gasteiger charge is -2.25. The van der Waals surface area contributed by atoms with E-state index in [9.17, 15) is 24.1 Å². The Labute approximate surface area is 241 Å². The molecule has 1 N–H and O–H groups in total. The van der Waals surface area contributed by atoms with E-state index in [1.54, 1.807) is 73.7 Å². The number of furan rings is 1. The number of thiazole rings is 1. The molecule has 6 rings (SSSR count). The van der Waals surface area contributed by atoms with Crippen molar-refractivity contribution in [3.63, 3.8) is 0 Å². The number of hydrogen-bond acceptors (Lipinski definition) is 7. The Hall–Kier alpha value is -5.42. The standard InChI is InChI=1S/C31H21FN4O5S/c1-18-27(29(37)34-22-5-3-2-4-6-22)28(20-7-11-21(32)12-8-20)35-30(38)26(42-31(35)33-18)17-24-15-16-25(41-24)19-9-13-23(14-10-19)36(39)40/h2-17,28H,1H3,(H,34,37)/b26-17-. The van der Waals surface area contributed by atoms with Crippen LogP contribution >= 0.6 is 11.3 Å². The zero-order valence-corrected chi connectivity index (χ0v) is 22.8. The predicted molar refractivity (Wildman–Crippen MR) is 156 cm³/mol. The maximum Gasteiger partial charge on any atom is 0.271 e. The van der Waals surface area contributed by atoms with E-state index < -0.39 is 22.7 Å². The Morgan fingerprint density at radius 1 is 1.05 bits per heavy atom. The SMILES string of the molecule is CC1=C(C(=O)Nc2ccccc2)C(c2ccc(F)cc2)n2c(s/c(=C\c3ccc(-c4ccc([N+](=O)[O-])cc4)o3)c2=O)=N1. The molecule has 3 heterocycles. The molecule has 0 fully saturated rings. The van der Waals surface area contributed by atoms with Crippen LogP contribution in [-0.2, 0) is 4.79 Å². The number of nitrogens with one attached hydrogen (secondary N) is 1. The van der Waals surface area contributed by atoms with Gasteiger partial charge in [-0.25, -0.2) is 9.38 Å². The number of anilines is 1. The van der Waals surface area contributed by atoms with E-state index in [0.717, 1.165) is 11.3 Å². The number of rotatable bonds is 6. The minimum absolute atomic E-state index is 0.0329. The van der Waals surface area contributed by atoms with Crippen molar-refractivity contribution in [1.82, 2.24) is 4.57 Å². The van der Waals surface area contributed by atoms with E-state index in [1.807, 2.05) is 6.07 Å². The molecule has 11 heteroatoms. The average Bonchev–Trinajstić information content (AvgIpc) is 3.57. The van der Waals surface area contributed by atoms with Crippen LogP contribution in [0.3, 0.4) is 0 Å². The summed E-state index contributed by atoms with van der Waals surface area (Å²) in [5.41, 5.74) is 2.05. The van der Waals surface area contributed by atoms with Gasteiger partial charge < -0.3 is 9.73 Å². The lowest BCUT2D eigenvalue weighted by molar-refractivity contribution is -0.384. The number of nitrogens with zero attached hydrogens (tertiary/aromatic N) is 3. The van der Waals surface area contributed by atoms with Gasteiger partial charge in [-0.3, -0.25) is 24.3 Å². The highest BCUT2D eigenvalue weighted by atomic mass is 32.1. The first-order chi connectivity index (χ1) is 20.3. The van der Waals surface area contributed by atoms with Crippen LogP contribution in [0.5, 0.6) is 0 Å². The van der Waals surface area contributed by atoms with Gasteiger partial charge in [0.25, 0.3) is 17.2 Å². The lowest BCUT2D eigenvalue weighted by Crippen LogP contribution is -2.40. The third kappa shape index (κ3) is 5.08. The molecule has 5 aromatic rings. The molecule has 0 bridgehead atoms. The van der Waals surface area contributed by atoms with E-state index in [2.05, 4.69) is 10.3 Å². The van der Waals surface area contributed by atoms with Crippen molar-refractivity contribution in [3.05, 3.63) is 149 Å². The van der Waals surface area contributed by atoms with E-state index in [4.69, 9.17) is 4.42 Å². The molecule has 0 aliphatic carbocycles. The number of aromatic nitrogens is 1. The highest BCUT2D eigenvalue weighted by Crippen LogP contribution is 2.31. The van der Waals surface area contributed by atoms with Crippen molar-refractivity contribution >= 4 is 34.7 Å². The Morgan fingerprint density at radius 2 is 1.76 bits per heavy atom. The molecule has 1 unspecified atom stereocenters. The third-order valence-corrected chi connectivity index (χ3v) is 7.73. The zero-order chi connectivity index (χ0) is 29.4. The summed E-state index contributed by atoms with van der Waals surface area (Å²) in [4.78, 5) is 42.9. The Morgan fingerprint density at radius 3 is 2.45 bits per heavy atom. The molecule has 1 amide bonds. The van der Waals surface area contributed by atoms with Crippen LogP contribution in [-0.4, -0.2) is 15.4 Å². The van der Waals surface area contributed by atoms with Gasteiger partial charge in [0, 0.05) is 29.5 Å². The van der Waals surface area contributed by atoms with E-state index in [-0.39, 0.29) is 16.8 Å². The summed E-state index contributed by atoms with van der Waals surface area (Å²) in [7, 11) is 0. The molecular weight excluding hydrogens is 559 g/mol. The molecule has 0 spiro atoms. The maximum atomic E-state index is 13.9. The van der Waals surface area contributed by atoms with Gasteiger partial charge in [-0.2, -0.15) is 0 Å². The Balaban J connectivity index is 1.42. The summed E-state index contributed by atoms with van der Waals surface area (Å²) in [6, 6.07) is 23.1. The molecule has 208 valence electrons. The van der Waals surface area contributed by atoms with E-state index in [1.165, 1.54) is 28.8 Å². The van der Waals surface area contributed by atoms with Gasteiger partial charge in [0.1, 0.15) is 17.3 Å². The van der Waals surface area contributed by atoms with Crippen molar-refractivity contribution in [1.29, 1.82) is 0 Å². The second kappa shape index (κ2) is 10.9. The fourth-order valence-electron chi connectivity index (χ4n) is 4.75. The molecule has 0 saturated carbocycles. The number of nitro groups is 1. The summed E-state index contributed by atoms with van der Waals surface area (Å²) >= 11 is 1.14. The van der Waals surface area contributed by atoms with Crippen molar-refractivity contribution in [2.24, 2.45) is 4.99 Å². The average molecular weight is 581 g/mol. The smallest absolute Gasteiger partial charge is 0.271 e. The van der Waals surface area contributed by atoms with Crippen LogP contribution < -0.4 is 20.2 Å². The lowest BCUT2D eigenvalue weighted by atomic mass is 9.95. The molecule has 9 nitrogen and oxygen atoms in total.